The molecule has 3 aromatic rings. The third-order valence-corrected chi connectivity index (χ3v) is 5.75. The molecule has 0 N–H and O–H groups in total. The van der Waals surface area contributed by atoms with E-state index < -0.39 is 0 Å². The first-order chi connectivity index (χ1) is 10.9. The lowest BCUT2D eigenvalue weighted by atomic mass is 10.2. The average molecular weight is 333 g/mol. The molecule has 0 radical (unpaired) electrons. The molecule has 8 heteroatoms. The molecule has 1 aromatic carbocycles. The summed E-state index contributed by atoms with van der Waals surface area (Å²) in [5, 5.41) is 13.9. The van der Waals surface area contributed by atoms with Crippen LogP contribution in [-0.4, -0.2) is 37.9 Å². The number of ether oxygens (including phenoxy) is 1. The van der Waals surface area contributed by atoms with E-state index in [0.717, 1.165) is 47.4 Å². The summed E-state index contributed by atoms with van der Waals surface area (Å²) in [6.45, 7) is 1.58. The number of thioether (sulfide) groups is 1. The average Bonchev–Trinajstić information content (AvgIpc) is 3.26. The smallest absolute Gasteiger partial charge is 0.209 e. The van der Waals surface area contributed by atoms with Gasteiger partial charge in [0.2, 0.25) is 5.16 Å². The molecule has 1 saturated heterocycles. The highest BCUT2D eigenvalue weighted by Crippen LogP contribution is 2.27. The Labute approximate surface area is 135 Å². The summed E-state index contributed by atoms with van der Waals surface area (Å²) in [5.41, 5.74) is 1.06. The summed E-state index contributed by atoms with van der Waals surface area (Å²) < 4.78 is 8.71. The summed E-state index contributed by atoms with van der Waals surface area (Å²) >= 11 is 3.35. The molecule has 0 bridgehead atoms. The van der Waals surface area contributed by atoms with E-state index in [2.05, 4.69) is 26.6 Å². The summed E-state index contributed by atoms with van der Waals surface area (Å²) in [6, 6.07) is 8.20. The zero-order chi connectivity index (χ0) is 14.8. The van der Waals surface area contributed by atoms with Crippen LogP contribution in [-0.2, 0) is 17.0 Å². The van der Waals surface area contributed by atoms with Crippen molar-refractivity contribution in [3.8, 4) is 0 Å². The quantitative estimate of drug-likeness (QED) is 0.669. The van der Waals surface area contributed by atoms with E-state index in [1.54, 1.807) is 23.1 Å². The summed E-state index contributed by atoms with van der Waals surface area (Å²) in [7, 11) is 0. The lowest BCUT2D eigenvalue weighted by Crippen LogP contribution is -2.16. The van der Waals surface area contributed by atoms with Gasteiger partial charge in [0.25, 0.3) is 0 Å². The Morgan fingerprint density at radius 3 is 3.18 bits per heavy atom. The van der Waals surface area contributed by atoms with Crippen molar-refractivity contribution in [2.75, 3.05) is 6.61 Å². The topological polar surface area (TPSA) is 65.7 Å². The normalized spacial score (nSPS) is 18.3. The van der Waals surface area contributed by atoms with Crippen molar-refractivity contribution in [2.24, 2.45) is 0 Å². The molecule has 1 unspecified atom stereocenters. The fraction of sp³-hybridized carbons (Fsp3) is 0.429. The minimum atomic E-state index is 0.241. The number of rotatable bonds is 5. The standard InChI is InChI=1S/C14H15N5OS2/c1-2-6-12-11(5-1)15-13(22-12)9-21-14-16-17-18-19(14)8-10-4-3-7-20-10/h1-2,5-6,10H,3-4,7-9H2. The van der Waals surface area contributed by atoms with Gasteiger partial charge >= 0.3 is 0 Å². The van der Waals surface area contributed by atoms with Gasteiger partial charge in [-0.3, -0.25) is 0 Å². The summed E-state index contributed by atoms with van der Waals surface area (Å²) in [6.07, 6.45) is 2.45. The second-order valence-corrected chi connectivity index (χ2v) is 7.20. The Morgan fingerprint density at radius 2 is 2.32 bits per heavy atom. The predicted molar refractivity (Wildman–Crippen MR) is 86.0 cm³/mol. The largest absolute Gasteiger partial charge is 0.376 e. The highest BCUT2D eigenvalue weighted by molar-refractivity contribution is 7.98. The van der Waals surface area contributed by atoms with Crippen molar-refractivity contribution >= 4 is 33.3 Å². The monoisotopic (exact) mass is 333 g/mol. The zero-order valence-electron chi connectivity index (χ0n) is 11.9. The first-order valence-electron chi connectivity index (χ1n) is 7.23. The van der Waals surface area contributed by atoms with Crippen LogP contribution in [0, 0.1) is 0 Å². The Balaban J connectivity index is 1.44. The highest BCUT2D eigenvalue weighted by atomic mass is 32.2. The maximum Gasteiger partial charge on any atom is 0.209 e. The molecule has 2 aromatic heterocycles. The Kier molecular flexibility index (Phi) is 4.05. The highest BCUT2D eigenvalue weighted by Gasteiger charge is 2.19. The van der Waals surface area contributed by atoms with Crippen LogP contribution >= 0.6 is 23.1 Å². The fourth-order valence-corrected chi connectivity index (χ4v) is 4.35. The predicted octanol–water partition coefficient (Wildman–Crippen LogP) is 2.75. The molecule has 3 heterocycles. The van der Waals surface area contributed by atoms with Crippen molar-refractivity contribution in [3.05, 3.63) is 29.3 Å². The van der Waals surface area contributed by atoms with Crippen LogP contribution in [0.4, 0.5) is 0 Å². The fourth-order valence-electron chi connectivity index (χ4n) is 2.50. The van der Waals surface area contributed by atoms with Gasteiger partial charge in [-0.1, -0.05) is 23.9 Å². The molecule has 114 valence electrons. The second-order valence-electron chi connectivity index (χ2n) is 5.14. The van der Waals surface area contributed by atoms with Crippen molar-refractivity contribution in [1.29, 1.82) is 0 Å². The number of para-hydroxylation sites is 1. The molecule has 0 aliphatic carbocycles. The van der Waals surface area contributed by atoms with Crippen molar-refractivity contribution in [2.45, 2.75) is 36.4 Å². The van der Waals surface area contributed by atoms with Gasteiger partial charge in [-0.2, -0.15) is 0 Å². The van der Waals surface area contributed by atoms with Crippen molar-refractivity contribution in [3.63, 3.8) is 0 Å². The zero-order valence-corrected chi connectivity index (χ0v) is 13.5. The number of thiazole rings is 1. The molecule has 4 rings (SSSR count). The maximum absolute atomic E-state index is 5.65. The van der Waals surface area contributed by atoms with Gasteiger partial charge in [0.1, 0.15) is 5.01 Å². The molecule has 1 aliphatic rings. The van der Waals surface area contributed by atoms with E-state index in [0.29, 0.717) is 0 Å². The third-order valence-electron chi connectivity index (χ3n) is 3.56. The van der Waals surface area contributed by atoms with Gasteiger partial charge in [-0.15, -0.1) is 16.4 Å². The van der Waals surface area contributed by atoms with E-state index in [-0.39, 0.29) is 6.10 Å². The number of nitrogens with zero attached hydrogens (tertiary/aromatic N) is 5. The number of benzene rings is 1. The van der Waals surface area contributed by atoms with Crippen molar-refractivity contribution < 1.29 is 4.74 Å². The van der Waals surface area contributed by atoms with Gasteiger partial charge in [-0.25, -0.2) is 9.67 Å². The molecule has 1 fully saturated rings. The first-order valence-corrected chi connectivity index (χ1v) is 9.04. The van der Waals surface area contributed by atoms with Crippen LogP contribution in [0.25, 0.3) is 10.2 Å². The second kappa shape index (κ2) is 6.31. The molecule has 0 spiro atoms. The van der Waals surface area contributed by atoms with Crippen LogP contribution in [0.2, 0.25) is 0 Å². The summed E-state index contributed by atoms with van der Waals surface area (Å²) in [4.78, 5) is 4.64. The van der Waals surface area contributed by atoms with Crippen LogP contribution in [0.5, 0.6) is 0 Å². The Hall–Kier alpha value is -1.51. The molecular formula is C14H15N5OS2. The number of tetrazole rings is 1. The molecule has 0 saturated carbocycles. The SMILES string of the molecule is c1ccc2sc(CSc3nnnn3CC3CCCO3)nc2c1. The first kappa shape index (κ1) is 14.1. The Bertz CT molecular complexity index is 732. The van der Waals surface area contributed by atoms with Gasteiger partial charge in [0.05, 0.1) is 28.6 Å². The van der Waals surface area contributed by atoms with Gasteiger partial charge in [-0.05, 0) is 35.4 Å². The van der Waals surface area contributed by atoms with E-state index in [1.165, 1.54) is 4.70 Å². The maximum atomic E-state index is 5.65. The van der Waals surface area contributed by atoms with Gasteiger partial charge < -0.3 is 4.74 Å². The third kappa shape index (κ3) is 2.99. The van der Waals surface area contributed by atoms with Gasteiger partial charge in [0, 0.05) is 6.61 Å². The minimum absolute atomic E-state index is 0.241. The molecule has 0 amide bonds. The lowest BCUT2D eigenvalue weighted by Gasteiger charge is -2.09. The van der Waals surface area contributed by atoms with Crippen LogP contribution < -0.4 is 0 Å². The minimum Gasteiger partial charge on any atom is -0.376 e. The molecule has 22 heavy (non-hydrogen) atoms. The molecule has 6 nitrogen and oxygen atoms in total. The van der Waals surface area contributed by atoms with Crippen LogP contribution in [0.15, 0.2) is 29.4 Å². The van der Waals surface area contributed by atoms with E-state index >= 15 is 0 Å². The number of aromatic nitrogens is 5. The lowest BCUT2D eigenvalue weighted by molar-refractivity contribution is 0.0912. The van der Waals surface area contributed by atoms with Gasteiger partial charge in [0.15, 0.2) is 0 Å². The molecule has 1 atom stereocenters. The van der Waals surface area contributed by atoms with Crippen LogP contribution in [0.1, 0.15) is 17.8 Å². The summed E-state index contributed by atoms with van der Waals surface area (Å²) in [5.74, 6) is 0.783. The van der Waals surface area contributed by atoms with Crippen molar-refractivity contribution in [1.82, 2.24) is 25.2 Å². The van der Waals surface area contributed by atoms with Crippen LogP contribution in [0.3, 0.4) is 0 Å². The van der Waals surface area contributed by atoms with E-state index in [4.69, 9.17) is 4.74 Å². The molecular weight excluding hydrogens is 318 g/mol. The number of fused-ring (bicyclic) bond motifs is 1. The van der Waals surface area contributed by atoms with E-state index in [9.17, 15) is 0 Å². The number of hydrogen-bond donors (Lipinski definition) is 0. The Morgan fingerprint density at radius 1 is 1.36 bits per heavy atom. The molecule has 1 aliphatic heterocycles. The number of hydrogen-bond acceptors (Lipinski definition) is 7. The van der Waals surface area contributed by atoms with E-state index in [1.807, 2.05) is 22.9 Å².